The summed E-state index contributed by atoms with van der Waals surface area (Å²) >= 11 is 4.56. The van der Waals surface area contributed by atoms with Crippen molar-refractivity contribution in [2.24, 2.45) is 5.10 Å². The molecule has 2 aromatic rings. The number of nitrogens with zero attached hydrogens (tertiary/aromatic N) is 2. The van der Waals surface area contributed by atoms with E-state index in [-0.39, 0.29) is 5.91 Å². The number of carbonyl (C=O) groups is 1. The highest BCUT2D eigenvalue weighted by Crippen LogP contribution is 2.36. The number of nitrogens with two attached hydrogens (primary N) is 1. The third kappa shape index (κ3) is 4.24. The molecule has 1 aromatic heterocycles. The molecule has 128 valence electrons. The maximum atomic E-state index is 12.0. The first-order valence-corrected chi connectivity index (χ1v) is 8.63. The lowest BCUT2D eigenvalue weighted by atomic mass is 10.2. The first-order chi connectivity index (χ1) is 11.5. The number of halogens is 1. The molecule has 1 heterocycles. The number of nitrogens with one attached hydrogen (secondary N) is 1. The van der Waals surface area contributed by atoms with Crippen LogP contribution in [0.15, 0.2) is 21.7 Å². The highest BCUT2D eigenvalue weighted by Gasteiger charge is 2.13. The Balaban J connectivity index is 2.13. The molecule has 0 spiro atoms. The van der Waals surface area contributed by atoms with E-state index in [9.17, 15) is 4.79 Å². The number of thiazole rings is 1. The Morgan fingerprint density at radius 2 is 2.29 bits per heavy atom. The van der Waals surface area contributed by atoms with Crippen LogP contribution in [0.4, 0.5) is 5.13 Å². The van der Waals surface area contributed by atoms with Crippen molar-refractivity contribution in [2.75, 3.05) is 19.5 Å². The Labute approximate surface area is 152 Å². The number of methoxy groups -OCH3 is 1. The van der Waals surface area contributed by atoms with Crippen LogP contribution in [-0.4, -0.2) is 30.8 Å². The van der Waals surface area contributed by atoms with E-state index < -0.39 is 0 Å². The van der Waals surface area contributed by atoms with E-state index in [1.54, 1.807) is 20.1 Å². The van der Waals surface area contributed by atoms with Crippen molar-refractivity contribution in [1.29, 1.82) is 0 Å². The number of nitrogen functional groups attached to an aromatic ring is 1. The molecule has 24 heavy (non-hydrogen) atoms. The molecule has 0 aliphatic carbocycles. The lowest BCUT2D eigenvalue weighted by Crippen LogP contribution is -2.17. The van der Waals surface area contributed by atoms with Crippen molar-refractivity contribution >= 4 is 44.5 Å². The number of hydrazone groups is 1. The van der Waals surface area contributed by atoms with Gasteiger partial charge >= 0.3 is 0 Å². The Hall–Kier alpha value is -2.13. The molecular weight excluding hydrogens is 396 g/mol. The van der Waals surface area contributed by atoms with Gasteiger partial charge in [0.2, 0.25) is 0 Å². The zero-order valence-corrected chi connectivity index (χ0v) is 15.8. The fourth-order valence-corrected chi connectivity index (χ4v) is 3.24. The Kier molecular flexibility index (Phi) is 6.16. The maximum absolute atomic E-state index is 12.0. The van der Waals surface area contributed by atoms with Gasteiger partial charge in [-0.05, 0) is 47.5 Å². The fraction of sp³-hybridized carbons (Fsp3) is 0.267. The lowest BCUT2D eigenvalue weighted by molar-refractivity contribution is 0.0958. The summed E-state index contributed by atoms with van der Waals surface area (Å²) in [7, 11) is 1.56. The second-order valence-electron chi connectivity index (χ2n) is 4.63. The minimum Gasteiger partial charge on any atom is -0.493 e. The molecular formula is C15H17BrN4O3S. The van der Waals surface area contributed by atoms with Gasteiger partial charge in [0.15, 0.2) is 16.6 Å². The quantitative estimate of drug-likeness (QED) is 0.561. The molecule has 0 aliphatic rings. The molecule has 1 aromatic carbocycles. The third-order valence-electron chi connectivity index (χ3n) is 2.94. The third-order valence-corrected chi connectivity index (χ3v) is 4.51. The normalized spacial score (nSPS) is 10.8. The van der Waals surface area contributed by atoms with Crippen LogP contribution in [0, 0.1) is 6.92 Å². The van der Waals surface area contributed by atoms with Gasteiger partial charge in [-0.25, -0.2) is 10.4 Å². The van der Waals surface area contributed by atoms with Crippen LogP contribution < -0.4 is 20.6 Å². The summed E-state index contributed by atoms with van der Waals surface area (Å²) in [6, 6.07) is 3.58. The van der Waals surface area contributed by atoms with E-state index in [4.69, 9.17) is 15.2 Å². The predicted octanol–water partition coefficient (Wildman–Crippen LogP) is 2.97. The first-order valence-electron chi connectivity index (χ1n) is 7.02. The minimum atomic E-state index is -0.352. The number of carbonyl (C=O) groups excluding carboxylic acids is 1. The van der Waals surface area contributed by atoms with Crippen LogP contribution in [0.25, 0.3) is 0 Å². The van der Waals surface area contributed by atoms with Crippen LogP contribution in [0.3, 0.4) is 0 Å². The summed E-state index contributed by atoms with van der Waals surface area (Å²) in [5.41, 5.74) is 9.36. The number of benzene rings is 1. The van der Waals surface area contributed by atoms with Gasteiger partial charge in [0.25, 0.3) is 5.91 Å². The number of aryl methyl sites for hydroxylation is 1. The second kappa shape index (κ2) is 8.11. The summed E-state index contributed by atoms with van der Waals surface area (Å²) in [5.74, 6) is 0.844. The molecule has 0 atom stereocenters. The van der Waals surface area contributed by atoms with Crippen molar-refractivity contribution in [3.8, 4) is 11.5 Å². The molecule has 0 unspecified atom stereocenters. The van der Waals surface area contributed by atoms with Gasteiger partial charge in [0.05, 0.1) is 30.1 Å². The standard InChI is InChI=1S/C15H17BrN4O3S/c1-4-23-12-10(16)5-9(6-11(12)22-3)7-18-20-14(21)13-8(2)19-15(17)24-13/h5-7H,4H2,1-3H3,(H2,17,19)(H,20,21)/b18-7-. The van der Waals surface area contributed by atoms with E-state index in [0.29, 0.717) is 33.8 Å². The van der Waals surface area contributed by atoms with Crippen LogP contribution in [0.5, 0.6) is 11.5 Å². The topological polar surface area (TPSA) is 98.8 Å². The molecule has 0 radical (unpaired) electrons. The maximum Gasteiger partial charge on any atom is 0.283 e. The van der Waals surface area contributed by atoms with Crippen molar-refractivity contribution in [1.82, 2.24) is 10.4 Å². The zero-order valence-electron chi connectivity index (χ0n) is 13.4. The van der Waals surface area contributed by atoms with Crippen LogP contribution in [-0.2, 0) is 0 Å². The van der Waals surface area contributed by atoms with Gasteiger partial charge in [-0.15, -0.1) is 0 Å². The second-order valence-corrected chi connectivity index (χ2v) is 6.52. The van der Waals surface area contributed by atoms with Crippen LogP contribution in [0.1, 0.15) is 27.9 Å². The molecule has 0 saturated carbocycles. The summed E-state index contributed by atoms with van der Waals surface area (Å²) in [6.07, 6.45) is 1.51. The molecule has 0 fully saturated rings. The minimum absolute atomic E-state index is 0.349. The molecule has 1 amide bonds. The van der Waals surface area contributed by atoms with Gasteiger partial charge in [-0.2, -0.15) is 5.10 Å². The lowest BCUT2D eigenvalue weighted by Gasteiger charge is -2.11. The molecule has 0 aliphatic heterocycles. The summed E-state index contributed by atoms with van der Waals surface area (Å²) in [5, 5.41) is 4.31. The van der Waals surface area contributed by atoms with Crippen molar-refractivity contribution in [3.63, 3.8) is 0 Å². The largest absolute Gasteiger partial charge is 0.493 e. The van der Waals surface area contributed by atoms with E-state index >= 15 is 0 Å². The van der Waals surface area contributed by atoms with Gasteiger partial charge < -0.3 is 15.2 Å². The monoisotopic (exact) mass is 412 g/mol. The van der Waals surface area contributed by atoms with Crippen molar-refractivity contribution in [3.05, 3.63) is 32.7 Å². The number of rotatable bonds is 6. The van der Waals surface area contributed by atoms with E-state index in [1.165, 1.54) is 6.21 Å². The predicted molar refractivity (Wildman–Crippen MR) is 98.2 cm³/mol. The zero-order chi connectivity index (χ0) is 17.7. The number of ether oxygens (including phenoxy) is 2. The molecule has 2 rings (SSSR count). The highest BCUT2D eigenvalue weighted by molar-refractivity contribution is 9.10. The van der Waals surface area contributed by atoms with E-state index in [0.717, 1.165) is 21.4 Å². The summed E-state index contributed by atoms with van der Waals surface area (Å²) in [4.78, 5) is 16.5. The average Bonchev–Trinajstić information content (AvgIpc) is 2.88. The number of hydrogen-bond acceptors (Lipinski definition) is 7. The fourth-order valence-electron chi connectivity index (χ4n) is 1.94. The Morgan fingerprint density at radius 3 is 2.88 bits per heavy atom. The van der Waals surface area contributed by atoms with Crippen LogP contribution in [0.2, 0.25) is 0 Å². The molecule has 0 saturated heterocycles. The molecule has 9 heteroatoms. The first kappa shape index (κ1) is 18.2. The Bertz CT molecular complexity index is 776. The number of hydrogen-bond donors (Lipinski definition) is 2. The summed E-state index contributed by atoms with van der Waals surface area (Å²) in [6.45, 7) is 4.14. The average molecular weight is 413 g/mol. The van der Waals surface area contributed by atoms with Gasteiger partial charge in [-0.3, -0.25) is 4.79 Å². The molecule has 3 N–H and O–H groups in total. The van der Waals surface area contributed by atoms with Gasteiger partial charge in [0, 0.05) is 0 Å². The van der Waals surface area contributed by atoms with E-state index in [2.05, 4.69) is 31.4 Å². The Morgan fingerprint density at radius 1 is 1.54 bits per heavy atom. The number of aromatic nitrogens is 1. The SMILES string of the molecule is CCOc1c(Br)cc(/C=N\NC(=O)c2sc(N)nc2C)cc1OC. The summed E-state index contributed by atoms with van der Waals surface area (Å²) < 4.78 is 11.6. The molecule has 0 bridgehead atoms. The molecule has 7 nitrogen and oxygen atoms in total. The van der Waals surface area contributed by atoms with Gasteiger partial charge in [-0.1, -0.05) is 11.3 Å². The van der Waals surface area contributed by atoms with Gasteiger partial charge in [0.1, 0.15) is 4.88 Å². The number of anilines is 1. The van der Waals surface area contributed by atoms with Crippen molar-refractivity contribution in [2.45, 2.75) is 13.8 Å². The highest BCUT2D eigenvalue weighted by atomic mass is 79.9. The number of amides is 1. The van der Waals surface area contributed by atoms with Crippen molar-refractivity contribution < 1.29 is 14.3 Å². The smallest absolute Gasteiger partial charge is 0.283 e. The van der Waals surface area contributed by atoms with Crippen LogP contribution >= 0.6 is 27.3 Å². The van der Waals surface area contributed by atoms with E-state index in [1.807, 2.05) is 13.0 Å².